The summed E-state index contributed by atoms with van der Waals surface area (Å²) in [6.45, 7) is 7.69. The van der Waals surface area contributed by atoms with Gasteiger partial charge in [0, 0.05) is 16.8 Å². The van der Waals surface area contributed by atoms with Crippen molar-refractivity contribution in [3.63, 3.8) is 0 Å². The Labute approximate surface area is 171 Å². The van der Waals surface area contributed by atoms with Crippen molar-refractivity contribution in [1.82, 2.24) is 0 Å². The van der Waals surface area contributed by atoms with Crippen molar-refractivity contribution in [2.24, 2.45) is 0 Å². The number of anilines is 1. The van der Waals surface area contributed by atoms with Crippen LogP contribution in [0.1, 0.15) is 39.5 Å². The van der Waals surface area contributed by atoms with E-state index in [1.807, 2.05) is 51.1 Å². The summed E-state index contributed by atoms with van der Waals surface area (Å²) in [5.74, 6) is 0.271. The van der Waals surface area contributed by atoms with Crippen molar-refractivity contribution in [2.75, 3.05) is 5.32 Å². The zero-order valence-electron chi connectivity index (χ0n) is 17.2. The fourth-order valence-electron chi connectivity index (χ4n) is 3.30. The van der Waals surface area contributed by atoms with Crippen LogP contribution in [0.25, 0.3) is 0 Å². The van der Waals surface area contributed by atoms with Gasteiger partial charge in [-0.15, -0.1) is 0 Å². The minimum absolute atomic E-state index is 0.0479. The van der Waals surface area contributed by atoms with Crippen molar-refractivity contribution in [2.45, 2.75) is 33.8 Å². The van der Waals surface area contributed by atoms with E-state index in [4.69, 9.17) is 4.74 Å². The van der Waals surface area contributed by atoms with E-state index < -0.39 is 6.10 Å². The van der Waals surface area contributed by atoms with Crippen molar-refractivity contribution in [3.8, 4) is 5.75 Å². The largest absolute Gasteiger partial charge is 0.481 e. The number of amides is 1. The van der Waals surface area contributed by atoms with Gasteiger partial charge in [0.05, 0.1) is 0 Å². The molecule has 1 N–H and O–H groups in total. The van der Waals surface area contributed by atoms with E-state index in [-0.39, 0.29) is 11.7 Å². The monoisotopic (exact) mass is 387 g/mol. The number of carbonyl (C=O) groups is 2. The average molecular weight is 387 g/mol. The van der Waals surface area contributed by atoms with E-state index in [0.717, 1.165) is 22.4 Å². The smallest absolute Gasteiger partial charge is 0.265 e. The van der Waals surface area contributed by atoms with Crippen LogP contribution in [0.2, 0.25) is 0 Å². The molecule has 0 fully saturated rings. The Morgan fingerprint density at radius 3 is 1.97 bits per heavy atom. The number of carbonyl (C=O) groups excluding carboxylic acids is 2. The van der Waals surface area contributed by atoms with Gasteiger partial charge in [0.15, 0.2) is 11.9 Å². The molecule has 29 heavy (non-hydrogen) atoms. The first-order valence-corrected chi connectivity index (χ1v) is 9.60. The molecule has 4 heteroatoms. The lowest BCUT2D eigenvalue weighted by atomic mass is 10.0. The van der Waals surface area contributed by atoms with Crippen LogP contribution in [0.15, 0.2) is 66.7 Å². The van der Waals surface area contributed by atoms with Gasteiger partial charge in [0.25, 0.3) is 5.91 Å². The second-order valence-electron chi connectivity index (χ2n) is 7.24. The summed E-state index contributed by atoms with van der Waals surface area (Å²) >= 11 is 0. The van der Waals surface area contributed by atoms with E-state index in [0.29, 0.717) is 16.9 Å². The van der Waals surface area contributed by atoms with E-state index >= 15 is 0 Å². The van der Waals surface area contributed by atoms with Crippen molar-refractivity contribution in [1.29, 1.82) is 0 Å². The average Bonchev–Trinajstić information content (AvgIpc) is 2.71. The molecule has 0 bridgehead atoms. The molecular formula is C25H25NO3. The van der Waals surface area contributed by atoms with Crippen LogP contribution in [0.3, 0.4) is 0 Å². The van der Waals surface area contributed by atoms with Gasteiger partial charge in [-0.05, 0) is 63.1 Å². The number of hydrogen-bond donors (Lipinski definition) is 1. The number of nitrogens with one attached hydrogen (secondary N) is 1. The maximum atomic E-state index is 12.6. The SMILES string of the molecule is Cc1cc(C)c(NC(=O)C(C)Oc2ccc(C(=O)c3ccccc3)cc2)c(C)c1. The second-order valence-corrected chi connectivity index (χ2v) is 7.24. The highest BCUT2D eigenvalue weighted by Gasteiger charge is 2.17. The number of benzene rings is 3. The molecule has 3 aromatic carbocycles. The molecule has 1 unspecified atom stereocenters. The minimum atomic E-state index is -0.675. The third-order valence-electron chi connectivity index (χ3n) is 4.76. The Morgan fingerprint density at radius 2 is 1.38 bits per heavy atom. The van der Waals surface area contributed by atoms with Gasteiger partial charge >= 0.3 is 0 Å². The van der Waals surface area contributed by atoms with E-state index in [9.17, 15) is 9.59 Å². The van der Waals surface area contributed by atoms with Gasteiger partial charge in [0.2, 0.25) is 0 Å². The van der Waals surface area contributed by atoms with Gasteiger partial charge in [-0.25, -0.2) is 0 Å². The van der Waals surface area contributed by atoms with Crippen LogP contribution < -0.4 is 10.1 Å². The summed E-state index contributed by atoms with van der Waals surface area (Å²) < 4.78 is 5.77. The standard InChI is InChI=1S/C25H25NO3/c1-16-14-17(2)23(18(3)15-16)26-25(28)19(4)29-22-12-10-21(11-13-22)24(27)20-8-6-5-7-9-20/h5-15,19H,1-4H3,(H,26,28). The number of aryl methyl sites for hydroxylation is 3. The fraction of sp³-hybridized carbons (Fsp3) is 0.200. The summed E-state index contributed by atoms with van der Waals surface area (Å²) in [4.78, 5) is 25.1. The number of ketones is 1. The summed E-state index contributed by atoms with van der Waals surface area (Å²) in [5.41, 5.74) is 5.23. The first-order valence-electron chi connectivity index (χ1n) is 9.60. The van der Waals surface area contributed by atoms with E-state index in [2.05, 4.69) is 5.32 Å². The Hall–Kier alpha value is -3.40. The Kier molecular flexibility index (Phi) is 6.13. The van der Waals surface area contributed by atoms with Crippen LogP contribution in [-0.2, 0) is 4.79 Å². The van der Waals surface area contributed by atoms with Crippen LogP contribution in [0.4, 0.5) is 5.69 Å². The number of rotatable bonds is 6. The van der Waals surface area contributed by atoms with E-state index in [1.54, 1.807) is 43.3 Å². The number of hydrogen-bond acceptors (Lipinski definition) is 3. The Morgan fingerprint density at radius 1 is 0.828 bits per heavy atom. The van der Waals surface area contributed by atoms with Gasteiger partial charge in [0.1, 0.15) is 5.75 Å². The molecule has 0 spiro atoms. The zero-order chi connectivity index (χ0) is 21.0. The quantitative estimate of drug-likeness (QED) is 0.588. The van der Waals surface area contributed by atoms with Gasteiger partial charge in [-0.2, -0.15) is 0 Å². The first-order chi connectivity index (χ1) is 13.8. The topological polar surface area (TPSA) is 55.4 Å². The lowest BCUT2D eigenvalue weighted by molar-refractivity contribution is -0.122. The third kappa shape index (κ3) is 4.91. The summed E-state index contributed by atoms with van der Waals surface area (Å²) in [6, 6.07) is 20.0. The molecule has 3 aromatic rings. The Balaban J connectivity index is 1.65. The van der Waals surface area contributed by atoms with Crippen LogP contribution in [0, 0.1) is 20.8 Å². The molecule has 0 saturated carbocycles. The Bertz CT molecular complexity index is 1000. The first kappa shape index (κ1) is 20.3. The summed E-state index contributed by atoms with van der Waals surface area (Å²) in [6.07, 6.45) is -0.675. The lowest BCUT2D eigenvalue weighted by Gasteiger charge is -2.17. The minimum Gasteiger partial charge on any atom is -0.481 e. The maximum absolute atomic E-state index is 12.6. The van der Waals surface area contributed by atoms with Gasteiger partial charge in [-0.1, -0.05) is 48.0 Å². The molecule has 3 rings (SSSR count). The molecule has 1 atom stereocenters. The summed E-state index contributed by atoms with van der Waals surface area (Å²) in [5, 5.41) is 2.96. The molecular weight excluding hydrogens is 362 g/mol. The molecule has 0 aliphatic carbocycles. The highest BCUT2D eigenvalue weighted by molar-refractivity contribution is 6.09. The van der Waals surface area contributed by atoms with Crippen molar-refractivity contribution < 1.29 is 14.3 Å². The summed E-state index contributed by atoms with van der Waals surface area (Å²) in [7, 11) is 0. The second kappa shape index (κ2) is 8.74. The highest BCUT2D eigenvalue weighted by Crippen LogP contribution is 2.23. The third-order valence-corrected chi connectivity index (χ3v) is 4.76. The molecule has 0 heterocycles. The van der Waals surface area contributed by atoms with Crippen molar-refractivity contribution in [3.05, 3.63) is 94.5 Å². The molecule has 4 nitrogen and oxygen atoms in total. The molecule has 1 amide bonds. The van der Waals surface area contributed by atoms with E-state index in [1.165, 1.54) is 0 Å². The fourth-order valence-corrected chi connectivity index (χ4v) is 3.30. The number of ether oxygens (including phenoxy) is 1. The van der Waals surface area contributed by atoms with Crippen LogP contribution in [0.5, 0.6) is 5.75 Å². The zero-order valence-corrected chi connectivity index (χ0v) is 17.2. The lowest BCUT2D eigenvalue weighted by Crippen LogP contribution is -2.30. The predicted molar refractivity (Wildman–Crippen MR) is 116 cm³/mol. The van der Waals surface area contributed by atoms with Gasteiger partial charge < -0.3 is 10.1 Å². The van der Waals surface area contributed by atoms with Crippen LogP contribution in [-0.4, -0.2) is 17.8 Å². The molecule has 0 saturated heterocycles. The molecule has 148 valence electrons. The highest BCUT2D eigenvalue weighted by atomic mass is 16.5. The van der Waals surface area contributed by atoms with Crippen molar-refractivity contribution >= 4 is 17.4 Å². The normalized spacial score (nSPS) is 11.6. The van der Waals surface area contributed by atoms with Crippen LogP contribution >= 0.6 is 0 Å². The molecule has 0 aliphatic rings. The molecule has 0 aliphatic heterocycles. The predicted octanol–water partition coefficient (Wildman–Crippen LogP) is 5.25. The van der Waals surface area contributed by atoms with Gasteiger partial charge in [-0.3, -0.25) is 9.59 Å². The maximum Gasteiger partial charge on any atom is 0.265 e. The molecule has 0 aromatic heterocycles. The molecule has 0 radical (unpaired) electrons.